The number of nitro groups is 1. The Hall–Kier alpha value is -5.75. The maximum atomic E-state index is 12.5. The molecular formula is C33H27N5O6S. The first-order valence-electron chi connectivity index (χ1n) is 13.9. The molecule has 1 fully saturated rings. The standard InChI is InChI=1S/C33H27N5O6S/c1-42-29-19-23(38(40)41)14-15-25(29)27-16-17-28(44-27)32-31(26-9-5-6-18-34-26)36-33(45)37(32)22-12-10-21(11-13-22)35-30(39)20-43-24-7-3-2-4-8-24/h2-19,31-32H,20H2,1H3,(H,35,39)(H,36,45). The lowest BCUT2D eigenvalue weighted by atomic mass is 10.0. The summed E-state index contributed by atoms with van der Waals surface area (Å²) in [6.45, 7) is -0.125. The zero-order valence-corrected chi connectivity index (χ0v) is 24.8. The number of hydrogen-bond donors (Lipinski definition) is 2. The Labute approximate surface area is 263 Å². The van der Waals surface area contributed by atoms with Crippen molar-refractivity contribution in [2.45, 2.75) is 12.1 Å². The van der Waals surface area contributed by atoms with Gasteiger partial charge in [0.05, 0.1) is 35.4 Å². The van der Waals surface area contributed by atoms with Gasteiger partial charge in [0, 0.05) is 23.6 Å². The van der Waals surface area contributed by atoms with Crippen LogP contribution in [0.3, 0.4) is 0 Å². The molecule has 1 aliphatic heterocycles. The molecule has 1 saturated heterocycles. The molecule has 0 bridgehead atoms. The van der Waals surface area contributed by atoms with Gasteiger partial charge >= 0.3 is 0 Å². The van der Waals surface area contributed by atoms with E-state index in [1.54, 1.807) is 42.6 Å². The molecule has 0 aliphatic carbocycles. The molecule has 6 rings (SSSR count). The zero-order chi connectivity index (χ0) is 31.3. The van der Waals surface area contributed by atoms with Crippen molar-refractivity contribution in [1.29, 1.82) is 0 Å². The van der Waals surface area contributed by atoms with Gasteiger partial charge in [-0.25, -0.2) is 0 Å². The van der Waals surface area contributed by atoms with E-state index in [-0.39, 0.29) is 24.2 Å². The normalized spacial score (nSPS) is 15.8. The van der Waals surface area contributed by atoms with E-state index < -0.39 is 11.0 Å². The number of carbonyl (C=O) groups excluding carboxylic acids is 1. The van der Waals surface area contributed by atoms with Crippen molar-refractivity contribution in [3.8, 4) is 22.8 Å². The molecule has 11 nitrogen and oxygen atoms in total. The molecule has 2 aromatic heterocycles. The molecule has 0 spiro atoms. The van der Waals surface area contributed by atoms with Gasteiger partial charge in [0.15, 0.2) is 11.7 Å². The molecule has 2 N–H and O–H groups in total. The Bertz CT molecular complexity index is 1830. The van der Waals surface area contributed by atoms with Gasteiger partial charge in [-0.05, 0) is 78.9 Å². The van der Waals surface area contributed by atoms with Gasteiger partial charge in [0.1, 0.15) is 29.1 Å². The summed E-state index contributed by atoms with van der Waals surface area (Å²) in [7, 11) is 1.45. The molecule has 3 heterocycles. The number of nitro benzene ring substituents is 1. The predicted molar refractivity (Wildman–Crippen MR) is 172 cm³/mol. The van der Waals surface area contributed by atoms with Gasteiger partial charge < -0.3 is 29.4 Å². The van der Waals surface area contributed by atoms with Crippen LogP contribution in [0, 0.1) is 10.1 Å². The van der Waals surface area contributed by atoms with Crippen molar-refractivity contribution in [2.75, 3.05) is 23.9 Å². The van der Waals surface area contributed by atoms with Crippen molar-refractivity contribution in [3.63, 3.8) is 0 Å². The Morgan fingerprint density at radius 2 is 1.82 bits per heavy atom. The number of nitrogens with zero attached hydrogens (tertiary/aromatic N) is 3. The highest BCUT2D eigenvalue weighted by Crippen LogP contribution is 2.44. The van der Waals surface area contributed by atoms with Gasteiger partial charge in [0.2, 0.25) is 0 Å². The molecule has 1 aliphatic rings. The first-order chi connectivity index (χ1) is 21.9. The lowest BCUT2D eigenvalue weighted by Gasteiger charge is -2.26. The first-order valence-corrected chi connectivity index (χ1v) is 14.3. The van der Waals surface area contributed by atoms with E-state index in [1.807, 2.05) is 59.5 Å². The minimum atomic E-state index is -0.477. The van der Waals surface area contributed by atoms with Crippen molar-refractivity contribution in [2.24, 2.45) is 0 Å². The number of hydrogen-bond acceptors (Lipinski definition) is 8. The summed E-state index contributed by atoms with van der Waals surface area (Å²) >= 11 is 5.81. The van der Waals surface area contributed by atoms with Crippen LogP contribution in [0.4, 0.5) is 17.1 Å². The Balaban J connectivity index is 1.27. The first kappa shape index (κ1) is 29.3. The number of benzene rings is 3. The summed E-state index contributed by atoms with van der Waals surface area (Å²) in [5, 5.41) is 18.0. The third-order valence-electron chi connectivity index (χ3n) is 7.22. The van der Waals surface area contributed by atoms with Crippen LogP contribution in [-0.4, -0.2) is 34.6 Å². The molecule has 45 heavy (non-hydrogen) atoms. The number of rotatable bonds is 10. The van der Waals surface area contributed by atoms with Crippen LogP contribution in [0.25, 0.3) is 11.3 Å². The number of nitrogens with one attached hydrogen (secondary N) is 2. The van der Waals surface area contributed by atoms with Crippen molar-refractivity contribution >= 4 is 40.3 Å². The molecule has 3 aromatic carbocycles. The number of amides is 1. The summed E-state index contributed by atoms with van der Waals surface area (Å²) < 4.78 is 17.4. The molecule has 226 valence electrons. The van der Waals surface area contributed by atoms with E-state index in [4.69, 9.17) is 26.1 Å². The van der Waals surface area contributed by atoms with E-state index in [1.165, 1.54) is 19.2 Å². The third kappa shape index (κ3) is 6.31. The summed E-state index contributed by atoms with van der Waals surface area (Å²) in [5.41, 5.74) is 2.61. The Morgan fingerprint density at radius 3 is 2.53 bits per heavy atom. The summed E-state index contributed by atoms with van der Waals surface area (Å²) in [6.07, 6.45) is 1.72. The Kier molecular flexibility index (Phi) is 8.38. The summed E-state index contributed by atoms with van der Waals surface area (Å²) in [4.78, 5) is 29.8. The smallest absolute Gasteiger partial charge is 0.273 e. The molecule has 2 atom stereocenters. The number of thiocarbonyl (C=S) groups is 1. The van der Waals surface area contributed by atoms with Crippen LogP contribution >= 0.6 is 12.2 Å². The van der Waals surface area contributed by atoms with E-state index >= 15 is 0 Å². The van der Waals surface area contributed by atoms with Crippen LogP contribution in [0.2, 0.25) is 0 Å². The highest BCUT2D eigenvalue weighted by molar-refractivity contribution is 7.80. The van der Waals surface area contributed by atoms with Gasteiger partial charge in [0.25, 0.3) is 11.6 Å². The molecule has 0 radical (unpaired) electrons. The molecule has 0 saturated carbocycles. The number of methoxy groups -OCH3 is 1. The average Bonchev–Trinajstić information content (AvgIpc) is 3.69. The fraction of sp³-hybridized carbons (Fsp3) is 0.121. The minimum absolute atomic E-state index is 0.0857. The molecule has 1 amide bonds. The number of pyridine rings is 1. The number of non-ortho nitro benzene ring substituents is 1. The highest BCUT2D eigenvalue weighted by atomic mass is 32.1. The summed E-state index contributed by atoms with van der Waals surface area (Å²) in [6, 6.07) is 29.3. The quantitative estimate of drug-likeness (QED) is 0.102. The number of aromatic nitrogens is 1. The fourth-order valence-electron chi connectivity index (χ4n) is 5.14. The third-order valence-corrected chi connectivity index (χ3v) is 7.53. The number of ether oxygens (including phenoxy) is 2. The maximum Gasteiger partial charge on any atom is 0.273 e. The number of furan rings is 1. The number of para-hydroxylation sites is 1. The zero-order valence-electron chi connectivity index (χ0n) is 24.0. The van der Waals surface area contributed by atoms with Gasteiger partial charge in [-0.3, -0.25) is 19.9 Å². The van der Waals surface area contributed by atoms with Gasteiger partial charge in [-0.15, -0.1) is 0 Å². The van der Waals surface area contributed by atoms with Crippen molar-refractivity contribution in [1.82, 2.24) is 10.3 Å². The highest BCUT2D eigenvalue weighted by Gasteiger charge is 2.42. The van der Waals surface area contributed by atoms with Crippen LogP contribution < -0.4 is 25.0 Å². The van der Waals surface area contributed by atoms with E-state index in [9.17, 15) is 14.9 Å². The molecule has 12 heteroatoms. The van der Waals surface area contributed by atoms with E-state index in [2.05, 4.69) is 15.6 Å². The predicted octanol–water partition coefficient (Wildman–Crippen LogP) is 6.45. The molecular weight excluding hydrogens is 594 g/mol. The molecule has 5 aromatic rings. The fourth-order valence-corrected chi connectivity index (χ4v) is 5.49. The number of anilines is 2. The van der Waals surface area contributed by atoms with Gasteiger partial charge in [-0.2, -0.15) is 0 Å². The topological polar surface area (TPSA) is 132 Å². The lowest BCUT2D eigenvalue weighted by molar-refractivity contribution is -0.384. The van der Waals surface area contributed by atoms with Crippen LogP contribution in [0.15, 0.2) is 114 Å². The Morgan fingerprint density at radius 1 is 1.04 bits per heavy atom. The maximum absolute atomic E-state index is 12.5. The average molecular weight is 622 g/mol. The largest absolute Gasteiger partial charge is 0.496 e. The van der Waals surface area contributed by atoms with Crippen LogP contribution in [0.5, 0.6) is 11.5 Å². The number of carbonyl (C=O) groups is 1. The minimum Gasteiger partial charge on any atom is -0.496 e. The van der Waals surface area contributed by atoms with E-state index in [0.717, 1.165) is 11.4 Å². The monoisotopic (exact) mass is 621 g/mol. The SMILES string of the molecule is COc1cc([N+](=O)[O-])ccc1-c1ccc(C2C(c3ccccn3)NC(=S)N2c2ccc(NC(=O)COc3ccccc3)cc2)o1. The van der Waals surface area contributed by atoms with E-state index in [0.29, 0.717) is 39.4 Å². The lowest BCUT2D eigenvalue weighted by Crippen LogP contribution is -2.29. The second kappa shape index (κ2) is 12.9. The van der Waals surface area contributed by atoms with Crippen LogP contribution in [-0.2, 0) is 4.79 Å². The second-order valence-electron chi connectivity index (χ2n) is 10.0. The van der Waals surface area contributed by atoms with Crippen molar-refractivity contribution in [3.05, 3.63) is 131 Å². The molecule has 2 unspecified atom stereocenters. The summed E-state index contributed by atoms with van der Waals surface area (Å²) in [5.74, 6) is 1.70. The van der Waals surface area contributed by atoms with Crippen LogP contribution in [0.1, 0.15) is 23.5 Å². The second-order valence-corrected chi connectivity index (χ2v) is 10.4. The van der Waals surface area contributed by atoms with Crippen molar-refractivity contribution < 1.29 is 23.6 Å². The van der Waals surface area contributed by atoms with Gasteiger partial charge in [-0.1, -0.05) is 24.3 Å².